The van der Waals surface area contributed by atoms with Crippen LogP contribution in [0.15, 0.2) is 12.7 Å². The summed E-state index contributed by atoms with van der Waals surface area (Å²) in [5.74, 6) is 6.15. The zero-order valence-corrected chi connectivity index (χ0v) is 15.4. The average Bonchev–Trinajstić information content (AvgIpc) is 2.80. The highest BCUT2D eigenvalue weighted by Gasteiger charge is 2.33. The van der Waals surface area contributed by atoms with E-state index in [2.05, 4.69) is 19.6 Å². The summed E-state index contributed by atoms with van der Waals surface area (Å²) in [5, 5.41) is 0. The lowest BCUT2D eigenvalue weighted by atomic mass is 9.66. The molecule has 2 N–H and O–H groups in total. The third kappa shape index (κ3) is 5.08. The van der Waals surface area contributed by atoms with E-state index in [0.29, 0.717) is 0 Å². The lowest BCUT2D eigenvalue weighted by Crippen LogP contribution is -2.28. The highest BCUT2D eigenvalue weighted by atomic mass is 16.0. The molecule has 1 nitrogen and oxygen atoms in total. The first-order valence-electron chi connectivity index (χ1n) is 10.4. The molecule has 3 fully saturated rings. The van der Waals surface area contributed by atoms with Crippen LogP contribution in [0.1, 0.15) is 93.2 Å². The van der Waals surface area contributed by atoms with Gasteiger partial charge in [0.25, 0.3) is 0 Å². The van der Waals surface area contributed by atoms with Crippen molar-refractivity contribution in [2.45, 2.75) is 90.4 Å². The van der Waals surface area contributed by atoms with Crippen LogP contribution in [0.2, 0.25) is 0 Å². The minimum absolute atomic E-state index is 0. The molecule has 0 aliphatic heterocycles. The van der Waals surface area contributed by atoms with Gasteiger partial charge in [0.1, 0.15) is 0 Å². The first-order valence-corrected chi connectivity index (χ1v) is 10.4. The van der Waals surface area contributed by atoms with E-state index in [9.17, 15) is 0 Å². The molecule has 1 heteroatoms. The van der Waals surface area contributed by atoms with Gasteiger partial charge >= 0.3 is 0 Å². The van der Waals surface area contributed by atoms with Crippen LogP contribution in [0.25, 0.3) is 0 Å². The summed E-state index contributed by atoms with van der Waals surface area (Å²) in [6.45, 7) is 6.47. The second kappa shape index (κ2) is 9.25. The molecule has 23 heavy (non-hydrogen) atoms. The maximum Gasteiger partial charge on any atom is 0 e. The van der Waals surface area contributed by atoms with Gasteiger partial charge in [-0.1, -0.05) is 38.7 Å². The number of hydrogen-bond donors (Lipinski definition) is 0. The van der Waals surface area contributed by atoms with E-state index in [4.69, 9.17) is 0 Å². The molecular weight excluding hydrogens is 280 g/mol. The summed E-state index contributed by atoms with van der Waals surface area (Å²) in [7, 11) is 0. The van der Waals surface area contributed by atoms with E-state index in [1.165, 1.54) is 44.9 Å². The molecule has 0 aromatic rings. The van der Waals surface area contributed by atoms with Gasteiger partial charge in [-0.25, -0.2) is 0 Å². The fourth-order valence-electron chi connectivity index (χ4n) is 5.93. The van der Waals surface area contributed by atoms with Crippen molar-refractivity contribution in [3.63, 3.8) is 0 Å². The highest BCUT2D eigenvalue weighted by Crippen LogP contribution is 2.45. The van der Waals surface area contributed by atoms with Crippen LogP contribution in [0.5, 0.6) is 0 Å². The van der Waals surface area contributed by atoms with Crippen molar-refractivity contribution >= 4 is 0 Å². The van der Waals surface area contributed by atoms with Gasteiger partial charge in [-0.3, -0.25) is 0 Å². The van der Waals surface area contributed by atoms with Crippen LogP contribution in [0, 0.1) is 35.5 Å². The quantitative estimate of drug-likeness (QED) is 0.410. The van der Waals surface area contributed by atoms with Gasteiger partial charge in [-0.15, -0.1) is 6.58 Å². The minimum Gasteiger partial charge on any atom is -0.412 e. The molecule has 2 unspecified atom stereocenters. The van der Waals surface area contributed by atoms with Gasteiger partial charge in [-0.05, 0) is 93.3 Å². The predicted molar refractivity (Wildman–Crippen MR) is 105 cm³/mol. The molecule has 3 aliphatic rings. The molecule has 0 saturated heterocycles. The highest BCUT2D eigenvalue weighted by molar-refractivity contribution is 4.88. The Labute approximate surface area is 147 Å². The Balaban J connectivity index is 0.00000192. The van der Waals surface area contributed by atoms with Gasteiger partial charge in [0, 0.05) is 2.85 Å². The second-order valence-corrected chi connectivity index (χ2v) is 8.96. The van der Waals surface area contributed by atoms with Crippen molar-refractivity contribution in [1.82, 2.24) is 0 Å². The Kier molecular flexibility index (Phi) is 7.66. The van der Waals surface area contributed by atoms with Crippen molar-refractivity contribution < 1.29 is 8.33 Å². The van der Waals surface area contributed by atoms with Gasteiger partial charge < -0.3 is 5.48 Å². The largest absolute Gasteiger partial charge is 0.412 e. The molecule has 2 atom stereocenters. The molecule has 3 rings (SSSR count). The van der Waals surface area contributed by atoms with E-state index < -0.39 is 0 Å². The SMILES string of the molecule is C=CC1CCC(C2CCC(C3CCCC(C)CC3)CC2)CC1.O.[HH].[HH]. The zero-order valence-electron chi connectivity index (χ0n) is 15.4. The Hall–Kier alpha value is -0.300. The van der Waals surface area contributed by atoms with Crippen molar-refractivity contribution in [3.05, 3.63) is 12.7 Å². The molecule has 0 spiro atoms. The van der Waals surface area contributed by atoms with Crippen LogP contribution in [-0.4, -0.2) is 5.48 Å². The summed E-state index contributed by atoms with van der Waals surface area (Å²) in [4.78, 5) is 0. The molecule has 0 bridgehead atoms. The fraction of sp³-hybridized carbons (Fsp3) is 0.909. The Bertz CT molecular complexity index is 344. The van der Waals surface area contributed by atoms with E-state index in [-0.39, 0.29) is 8.33 Å². The molecule has 0 aromatic carbocycles. The molecule has 3 saturated carbocycles. The maximum atomic E-state index is 4.00. The van der Waals surface area contributed by atoms with Gasteiger partial charge in [-0.2, -0.15) is 0 Å². The van der Waals surface area contributed by atoms with Gasteiger partial charge in [0.15, 0.2) is 0 Å². The standard InChI is InChI=1S/C22H38.H2O.2H2/c1-3-18-8-11-20(12-9-18)22-15-13-21(14-16-22)19-6-4-5-17(2)7-10-19;;;/h3,17-22H,1,4-16H2,2H3;1H2;2*1H. The van der Waals surface area contributed by atoms with Crippen LogP contribution < -0.4 is 0 Å². The first-order chi connectivity index (χ1) is 10.8. The molecule has 0 radical (unpaired) electrons. The number of hydrogen-bond acceptors (Lipinski definition) is 0. The van der Waals surface area contributed by atoms with Crippen molar-refractivity contribution in [1.29, 1.82) is 0 Å². The van der Waals surface area contributed by atoms with E-state index >= 15 is 0 Å². The molecular formula is C22H44O. The fourth-order valence-corrected chi connectivity index (χ4v) is 5.93. The summed E-state index contributed by atoms with van der Waals surface area (Å²) < 4.78 is 0. The zero-order chi connectivity index (χ0) is 15.4. The van der Waals surface area contributed by atoms with E-state index in [0.717, 1.165) is 35.5 Å². The van der Waals surface area contributed by atoms with Crippen LogP contribution in [0.3, 0.4) is 0 Å². The van der Waals surface area contributed by atoms with Crippen molar-refractivity contribution in [2.24, 2.45) is 35.5 Å². The topological polar surface area (TPSA) is 31.5 Å². The molecule has 0 heterocycles. The third-order valence-electron chi connectivity index (χ3n) is 7.60. The molecule has 0 aromatic heterocycles. The Morgan fingerprint density at radius 2 is 1.09 bits per heavy atom. The van der Waals surface area contributed by atoms with E-state index in [1.54, 1.807) is 38.5 Å². The average molecular weight is 325 g/mol. The lowest BCUT2D eigenvalue weighted by Gasteiger charge is -2.39. The smallest absolute Gasteiger partial charge is 0 e. The summed E-state index contributed by atoms with van der Waals surface area (Å²) >= 11 is 0. The van der Waals surface area contributed by atoms with Crippen LogP contribution >= 0.6 is 0 Å². The third-order valence-corrected chi connectivity index (χ3v) is 7.60. The summed E-state index contributed by atoms with van der Waals surface area (Å²) in [5.41, 5.74) is 0. The Morgan fingerprint density at radius 3 is 1.61 bits per heavy atom. The molecule has 138 valence electrons. The Morgan fingerprint density at radius 1 is 0.652 bits per heavy atom. The van der Waals surface area contributed by atoms with Crippen LogP contribution in [0.4, 0.5) is 0 Å². The van der Waals surface area contributed by atoms with E-state index in [1.807, 2.05) is 0 Å². The first kappa shape index (κ1) is 19.0. The normalized spacial score (nSPS) is 42.3. The molecule has 0 amide bonds. The summed E-state index contributed by atoms with van der Waals surface area (Å²) in [6, 6.07) is 0. The second-order valence-electron chi connectivity index (χ2n) is 8.96. The number of rotatable bonds is 3. The van der Waals surface area contributed by atoms with Crippen LogP contribution in [-0.2, 0) is 0 Å². The molecule has 3 aliphatic carbocycles. The van der Waals surface area contributed by atoms with Gasteiger partial charge in [0.05, 0.1) is 0 Å². The monoisotopic (exact) mass is 324 g/mol. The predicted octanol–water partition coefficient (Wildman–Crippen LogP) is 6.67. The van der Waals surface area contributed by atoms with Crippen molar-refractivity contribution in [3.8, 4) is 0 Å². The van der Waals surface area contributed by atoms with Gasteiger partial charge in [0.2, 0.25) is 0 Å². The lowest BCUT2D eigenvalue weighted by molar-refractivity contribution is 0.126. The number of allylic oxidation sites excluding steroid dienone is 1. The van der Waals surface area contributed by atoms with Crippen molar-refractivity contribution in [2.75, 3.05) is 0 Å². The maximum absolute atomic E-state index is 4.00. The summed E-state index contributed by atoms with van der Waals surface area (Å²) in [6.07, 6.45) is 21.9. The minimum atomic E-state index is 0.